The van der Waals surface area contributed by atoms with E-state index in [9.17, 15) is 10.2 Å². The predicted octanol–water partition coefficient (Wildman–Crippen LogP) is 1.82. The third-order valence-corrected chi connectivity index (χ3v) is 2.21. The van der Waals surface area contributed by atoms with Crippen LogP contribution in [-0.4, -0.2) is 17.0 Å². The van der Waals surface area contributed by atoms with Crippen LogP contribution < -0.4 is 5.11 Å². The van der Waals surface area contributed by atoms with Crippen molar-refractivity contribution in [3.05, 3.63) is 52.8 Å². The molecule has 0 amide bonds. The lowest BCUT2D eigenvalue weighted by molar-refractivity contribution is -0.213. The normalized spacial score (nSPS) is 14.1. The fourth-order valence-electron chi connectivity index (χ4n) is 1.31. The molecule has 0 saturated carbocycles. The number of hydrogen-bond acceptors (Lipinski definition) is 4. The van der Waals surface area contributed by atoms with Crippen molar-refractivity contribution in [3.63, 3.8) is 0 Å². The maximum Gasteiger partial charge on any atom is 0.389 e. The molecular weight excluding hydrogens is 218 g/mol. The first-order valence-corrected chi connectivity index (χ1v) is 5.22. The molecule has 17 heavy (non-hydrogen) atoms. The summed E-state index contributed by atoms with van der Waals surface area (Å²) in [6, 6.07) is 7.89. The molecule has 1 unspecified atom stereocenters. The molecule has 88 valence electrons. The Morgan fingerprint density at radius 1 is 1.53 bits per heavy atom. The maximum atomic E-state index is 11.7. The Morgan fingerprint density at radius 2 is 2.18 bits per heavy atom. The van der Waals surface area contributed by atoms with E-state index in [1.165, 1.54) is 0 Å². The molecule has 0 saturated heterocycles. The third kappa shape index (κ3) is 3.61. The van der Waals surface area contributed by atoms with E-state index in [4.69, 9.17) is 5.39 Å². The van der Waals surface area contributed by atoms with Crippen LogP contribution in [0, 0.1) is 5.39 Å². The Morgan fingerprint density at radius 3 is 2.71 bits per heavy atom. The smallest absolute Gasteiger partial charge is 0.389 e. The Kier molecular flexibility index (Phi) is 4.70. The topological polar surface area (TPSA) is 83.8 Å². The van der Waals surface area contributed by atoms with Crippen molar-refractivity contribution in [2.75, 3.05) is 0 Å². The summed E-state index contributed by atoms with van der Waals surface area (Å²) in [6.45, 7) is 1.77. The first-order valence-electron chi connectivity index (χ1n) is 5.22. The van der Waals surface area contributed by atoms with Gasteiger partial charge in [0, 0.05) is 0 Å². The van der Waals surface area contributed by atoms with Crippen molar-refractivity contribution >= 4 is 5.90 Å². The third-order valence-electron chi connectivity index (χ3n) is 2.21. The molecule has 0 radical (unpaired) electrons. The minimum absolute atomic E-state index is 0.237. The van der Waals surface area contributed by atoms with Crippen LogP contribution in [0.2, 0.25) is 0 Å². The van der Waals surface area contributed by atoms with Crippen LogP contribution in [0.25, 0.3) is 4.98 Å². The molecule has 0 aliphatic heterocycles. The second kappa shape index (κ2) is 6.28. The quantitative estimate of drug-likeness (QED) is 0.371. The molecule has 1 N–H and O–H groups in total. The minimum Gasteiger partial charge on any atom is -0.858 e. The lowest BCUT2D eigenvalue weighted by Crippen LogP contribution is -2.22. The Bertz CT molecular complexity index is 460. The first kappa shape index (κ1) is 12.7. The number of aliphatic imine (C=N–C) groups is 1. The van der Waals surface area contributed by atoms with Gasteiger partial charge in [0.15, 0.2) is 4.98 Å². The van der Waals surface area contributed by atoms with Crippen LogP contribution in [-0.2, 0) is 0 Å². The van der Waals surface area contributed by atoms with E-state index in [0.717, 1.165) is 6.20 Å². The highest BCUT2D eigenvalue weighted by atomic mass is 16.3. The summed E-state index contributed by atoms with van der Waals surface area (Å²) < 4.78 is 0. The van der Waals surface area contributed by atoms with Gasteiger partial charge in [-0.25, -0.2) is 0 Å². The highest BCUT2D eigenvalue weighted by Crippen LogP contribution is 2.09. The highest BCUT2D eigenvalue weighted by molar-refractivity contribution is 5.90. The largest absolute Gasteiger partial charge is 0.858 e. The second-order valence-electron chi connectivity index (χ2n) is 3.39. The molecule has 5 heteroatoms. The van der Waals surface area contributed by atoms with E-state index in [2.05, 4.69) is 9.97 Å². The lowest BCUT2D eigenvalue weighted by Gasteiger charge is -2.14. The molecule has 0 aromatic heterocycles. The fourth-order valence-corrected chi connectivity index (χ4v) is 1.31. The average Bonchev–Trinajstić information content (AvgIpc) is 2.37. The van der Waals surface area contributed by atoms with Crippen LogP contribution in [0.4, 0.5) is 0 Å². The van der Waals surface area contributed by atoms with Gasteiger partial charge in [0.25, 0.3) is 0 Å². The molecule has 1 aromatic carbocycles. The van der Waals surface area contributed by atoms with Gasteiger partial charge in [0.2, 0.25) is 11.2 Å². The van der Waals surface area contributed by atoms with Crippen LogP contribution in [0.3, 0.4) is 0 Å². The zero-order valence-corrected chi connectivity index (χ0v) is 9.45. The van der Waals surface area contributed by atoms with Crippen molar-refractivity contribution in [1.29, 1.82) is 5.39 Å². The summed E-state index contributed by atoms with van der Waals surface area (Å²) in [4.78, 5) is 6.56. The van der Waals surface area contributed by atoms with Gasteiger partial charge in [0.05, 0.1) is 0 Å². The summed E-state index contributed by atoms with van der Waals surface area (Å²) in [5.74, 6) is -0.644. The first-order chi connectivity index (χ1) is 8.19. The summed E-state index contributed by atoms with van der Waals surface area (Å²) >= 11 is 0. The zero-order chi connectivity index (χ0) is 12.7. The van der Waals surface area contributed by atoms with Crippen LogP contribution in [0.15, 0.2) is 47.3 Å². The van der Waals surface area contributed by atoms with Crippen molar-refractivity contribution in [2.24, 2.45) is 4.99 Å². The van der Waals surface area contributed by atoms with Gasteiger partial charge >= 0.3 is 6.20 Å². The molecule has 1 rings (SSSR count). The van der Waals surface area contributed by atoms with Gasteiger partial charge in [-0.05, 0) is 17.9 Å². The number of aliphatic hydroxyl groups excluding tert-OH is 1. The molecule has 5 nitrogen and oxygen atoms in total. The molecular formula is C12H13N3O2. The molecule has 1 atom stereocenters. The molecule has 1 aromatic rings. The Balaban J connectivity index is 2.94. The van der Waals surface area contributed by atoms with E-state index in [0.29, 0.717) is 12.0 Å². The van der Waals surface area contributed by atoms with E-state index >= 15 is 0 Å². The van der Waals surface area contributed by atoms with Gasteiger partial charge in [-0.15, -0.1) is 0 Å². The minimum atomic E-state index is -0.682. The molecule has 0 fully saturated rings. The van der Waals surface area contributed by atoms with Crippen molar-refractivity contribution in [3.8, 4) is 0 Å². The van der Waals surface area contributed by atoms with Crippen molar-refractivity contribution in [2.45, 2.75) is 19.4 Å². The molecule has 0 aliphatic rings. The number of nitrogens with zero attached hydrogens (tertiary/aromatic N) is 3. The Labute approximate surface area is 99.4 Å². The van der Waals surface area contributed by atoms with Gasteiger partial charge in [0.1, 0.15) is 6.04 Å². The maximum absolute atomic E-state index is 11.7. The van der Waals surface area contributed by atoms with Crippen LogP contribution >= 0.6 is 0 Å². The van der Waals surface area contributed by atoms with Crippen molar-refractivity contribution in [1.82, 2.24) is 0 Å². The molecule has 0 spiro atoms. The van der Waals surface area contributed by atoms with Gasteiger partial charge < -0.3 is 10.2 Å². The number of rotatable bonds is 4. The average molecular weight is 231 g/mol. The second-order valence-corrected chi connectivity index (χ2v) is 3.39. The Hall–Kier alpha value is -2.35. The fraction of sp³-hybridized carbons (Fsp3) is 0.250. The number of aliphatic hydroxyl groups is 1. The standard InChI is InChI=1S/C12H13N3O2/c1-2-10(11(16)8-14-13)15-12(17)9-6-4-3-5-7-9/h3-8,10H,2H2,1H3,(H-,15,16,17)/b11-8-. The number of hydrogen-bond donors (Lipinski definition) is 1. The summed E-state index contributed by atoms with van der Waals surface area (Å²) in [7, 11) is 0. The van der Waals surface area contributed by atoms with Gasteiger partial charge in [-0.2, -0.15) is 0 Å². The zero-order valence-electron chi connectivity index (χ0n) is 9.45. The van der Waals surface area contributed by atoms with E-state index in [-0.39, 0.29) is 5.76 Å². The monoisotopic (exact) mass is 231 g/mol. The number of benzene rings is 1. The van der Waals surface area contributed by atoms with E-state index in [1.54, 1.807) is 37.3 Å². The molecule has 0 aliphatic carbocycles. The van der Waals surface area contributed by atoms with Gasteiger partial charge in [-0.1, -0.05) is 37.3 Å². The molecule has 0 bridgehead atoms. The summed E-state index contributed by atoms with van der Waals surface area (Å²) in [5, 5.41) is 29.5. The van der Waals surface area contributed by atoms with Gasteiger partial charge in [-0.3, -0.25) is 4.99 Å². The highest BCUT2D eigenvalue weighted by Gasteiger charge is 2.13. The SMILES string of the molecule is CCC(N=C([O-])c1ccccc1)/C(O)=C/[N+]#N. The lowest BCUT2D eigenvalue weighted by atomic mass is 10.2. The van der Waals surface area contributed by atoms with Crippen molar-refractivity contribution < 1.29 is 10.2 Å². The van der Waals surface area contributed by atoms with Crippen LogP contribution in [0.5, 0.6) is 0 Å². The summed E-state index contributed by atoms with van der Waals surface area (Å²) in [5.41, 5.74) is 0.458. The van der Waals surface area contributed by atoms with Crippen LogP contribution in [0.1, 0.15) is 18.9 Å². The van der Waals surface area contributed by atoms with E-state index < -0.39 is 11.9 Å². The number of diazo groups is 1. The van der Waals surface area contributed by atoms with E-state index in [1.807, 2.05) is 0 Å². The predicted molar refractivity (Wildman–Crippen MR) is 62.9 cm³/mol. The summed E-state index contributed by atoms with van der Waals surface area (Å²) in [6.07, 6.45) is 1.31. The molecule has 0 heterocycles.